The fraction of sp³-hybridized carbons (Fsp3) is 0.656. The van der Waals surface area contributed by atoms with Gasteiger partial charge in [0.25, 0.3) is 0 Å². The van der Waals surface area contributed by atoms with E-state index in [0.29, 0.717) is 35.6 Å². The highest BCUT2D eigenvalue weighted by atomic mass is 35.5. The molecule has 4 fully saturated rings. The van der Waals surface area contributed by atoms with Crippen LogP contribution in [0.25, 0.3) is 0 Å². The van der Waals surface area contributed by atoms with Crippen LogP contribution in [0.15, 0.2) is 36.4 Å². The SMILES string of the molecule is C[C@H]1[C@H](C)CCC[C@@H]1NC(=O)[C@@H]1N(CCN2CCCCCC2)C(=O)[C@@H]2[C@H](C(=O)Nc3cccc(Cl)c3)[C@@H]3C=C[C@]21O3. The standard InChI is InChI=1S/C32H43ClN4O4/c1-20-9-7-12-24(21(20)2)35-30(39)28-32-14-13-25(41-32)26(29(38)34-23-11-8-10-22(33)19-23)27(32)31(40)37(28)18-17-36-15-5-3-4-6-16-36/h8,10-11,13-14,19-21,24-28H,3-7,9,12,15-18H2,1-2H3,(H,34,38)(H,35,39)/t20-,21+,24+,25+,26-,27+,28+,32+/m1/s1. The Morgan fingerprint density at radius 3 is 2.59 bits per heavy atom. The zero-order chi connectivity index (χ0) is 28.7. The molecule has 2 bridgehead atoms. The van der Waals surface area contributed by atoms with Crippen LogP contribution in [-0.4, -0.2) is 77.5 Å². The van der Waals surface area contributed by atoms with Gasteiger partial charge in [-0.2, -0.15) is 0 Å². The van der Waals surface area contributed by atoms with Crippen molar-refractivity contribution in [2.75, 3.05) is 31.5 Å². The molecule has 6 rings (SSSR count). The summed E-state index contributed by atoms with van der Waals surface area (Å²) in [5, 5.41) is 6.81. The Hall–Kier alpha value is -2.42. The Balaban J connectivity index is 1.27. The predicted octanol–water partition coefficient (Wildman–Crippen LogP) is 4.25. The number of benzene rings is 1. The largest absolute Gasteiger partial charge is 0.359 e. The van der Waals surface area contributed by atoms with E-state index in [9.17, 15) is 14.4 Å². The second kappa shape index (κ2) is 11.7. The summed E-state index contributed by atoms with van der Waals surface area (Å²) in [7, 11) is 0. The van der Waals surface area contributed by atoms with E-state index >= 15 is 0 Å². The number of carbonyl (C=O) groups excluding carboxylic acids is 3. The summed E-state index contributed by atoms with van der Waals surface area (Å²) < 4.78 is 6.53. The molecule has 1 aromatic rings. The lowest BCUT2D eigenvalue weighted by Gasteiger charge is -2.38. The van der Waals surface area contributed by atoms with Gasteiger partial charge in [0.2, 0.25) is 17.7 Å². The molecule has 0 radical (unpaired) electrons. The number of carbonyl (C=O) groups is 3. The number of anilines is 1. The molecule has 5 aliphatic rings. The summed E-state index contributed by atoms with van der Waals surface area (Å²) in [6, 6.07) is 6.24. The number of nitrogens with zero attached hydrogens (tertiary/aromatic N) is 2. The van der Waals surface area contributed by atoms with Gasteiger partial charge in [0.05, 0.1) is 17.9 Å². The normalized spacial score (nSPS) is 36.7. The Bertz CT molecular complexity index is 1200. The maximum atomic E-state index is 14.3. The number of likely N-dealkylation sites (tertiary alicyclic amines) is 2. The first kappa shape index (κ1) is 28.7. The van der Waals surface area contributed by atoms with Crippen LogP contribution in [-0.2, 0) is 19.1 Å². The van der Waals surface area contributed by atoms with Crippen molar-refractivity contribution in [2.45, 2.75) is 82.6 Å². The molecule has 0 aromatic heterocycles. The van der Waals surface area contributed by atoms with Crippen LogP contribution in [0.3, 0.4) is 0 Å². The number of hydrogen-bond donors (Lipinski definition) is 2. The van der Waals surface area contributed by atoms with Gasteiger partial charge in [0, 0.05) is 29.8 Å². The molecule has 4 aliphatic heterocycles. The lowest BCUT2D eigenvalue weighted by molar-refractivity contribution is -0.141. The minimum atomic E-state index is -1.15. The third-order valence-corrected chi connectivity index (χ3v) is 10.6. The highest BCUT2D eigenvalue weighted by Crippen LogP contribution is 2.55. The van der Waals surface area contributed by atoms with Crippen molar-refractivity contribution < 1.29 is 19.1 Å². The maximum Gasteiger partial charge on any atom is 0.246 e. The molecule has 222 valence electrons. The van der Waals surface area contributed by atoms with Gasteiger partial charge in [-0.1, -0.05) is 69.4 Å². The van der Waals surface area contributed by atoms with E-state index in [1.807, 2.05) is 12.2 Å². The summed E-state index contributed by atoms with van der Waals surface area (Å²) in [4.78, 5) is 46.3. The van der Waals surface area contributed by atoms with E-state index in [1.165, 1.54) is 19.3 Å². The van der Waals surface area contributed by atoms with E-state index in [1.54, 1.807) is 29.2 Å². The molecule has 1 aliphatic carbocycles. The molecular weight excluding hydrogens is 540 g/mol. The molecule has 2 N–H and O–H groups in total. The second-order valence-corrected chi connectivity index (χ2v) is 13.3. The number of halogens is 1. The minimum Gasteiger partial charge on any atom is -0.359 e. The average molecular weight is 583 g/mol. The lowest BCUT2D eigenvalue weighted by atomic mass is 9.73. The van der Waals surface area contributed by atoms with Gasteiger partial charge in [0.1, 0.15) is 11.6 Å². The van der Waals surface area contributed by atoms with Gasteiger partial charge in [-0.25, -0.2) is 0 Å². The molecule has 1 saturated carbocycles. The first-order valence-corrected chi connectivity index (χ1v) is 15.9. The van der Waals surface area contributed by atoms with Crippen molar-refractivity contribution in [2.24, 2.45) is 23.7 Å². The van der Waals surface area contributed by atoms with Crippen molar-refractivity contribution in [3.05, 3.63) is 41.4 Å². The molecule has 1 spiro atoms. The molecular formula is C32H43ClN4O4. The van der Waals surface area contributed by atoms with Gasteiger partial charge < -0.3 is 25.2 Å². The number of fused-ring (bicyclic) bond motifs is 1. The summed E-state index contributed by atoms with van der Waals surface area (Å²) in [6.45, 7) is 7.62. The molecule has 4 heterocycles. The molecule has 8 atom stereocenters. The van der Waals surface area contributed by atoms with E-state index in [-0.39, 0.29) is 23.8 Å². The second-order valence-electron chi connectivity index (χ2n) is 12.9. The Morgan fingerprint density at radius 1 is 1.05 bits per heavy atom. The van der Waals surface area contributed by atoms with Gasteiger partial charge in [-0.05, 0) is 62.4 Å². The molecule has 3 amide bonds. The van der Waals surface area contributed by atoms with Crippen molar-refractivity contribution in [3.63, 3.8) is 0 Å². The monoisotopic (exact) mass is 582 g/mol. The summed E-state index contributed by atoms with van der Waals surface area (Å²) in [6.07, 6.45) is 11.2. The summed E-state index contributed by atoms with van der Waals surface area (Å²) in [5.41, 5.74) is -0.578. The van der Waals surface area contributed by atoms with Gasteiger partial charge in [-0.15, -0.1) is 0 Å². The van der Waals surface area contributed by atoms with Crippen molar-refractivity contribution in [3.8, 4) is 0 Å². The zero-order valence-corrected chi connectivity index (χ0v) is 24.9. The Labute approximate surface area is 248 Å². The number of rotatable bonds is 7. The van der Waals surface area contributed by atoms with Crippen LogP contribution >= 0.6 is 11.6 Å². The maximum absolute atomic E-state index is 14.3. The molecule has 41 heavy (non-hydrogen) atoms. The minimum absolute atomic E-state index is 0.0637. The topological polar surface area (TPSA) is 91.0 Å². The van der Waals surface area contributed by atoms with Gasteiger partial charge in [0.15, 0.2) is 0 Å². The van der Waals surface area contributed by atoms with E-state index in [2.05, 4.69) is 29.4 Å². The van der Waals surface area contributed by atoms with Crippen molar-refractivity contribution >= 4 is 35.0 Å². The Morgan fingerprint density at radius 2 is 1.83 bits per heavy atom. The first-order valence-electron chi connectivity index (χ1n) is 15.6. The number of ether oxygens (including phenoxy) is 1. The van der Waals surface area contributed by atoms with E-state index in [4.69, 9.17) is 16.3 Å². The van der Waals surface area contributed by atoms with Gasteiger partial charge in [-0.3, -0.25) is 14.4 Å². The highest BCUT2D eigenvalue weighted by Gasteiger charge is 2.72. The molecule has 1 aromatic carbocycles. The van der Waals surface area contributed by atoms with Crippen LogP contribution in [0.5, 0.6) is 0 Å². The predicted molar refractivity (Wildman–Crippen MR) is 158 cm³/mol. The van der Waals surface area contributed by atoms with Crippen LogP contribution in [0.2, 0.25) is 5.02 Å². The van der Waals surface area contributed by atoms with E-state index < -0.39 is 29.6 Å². The number of hydrogen-bond acceptors (Lipinski definition) is 5. The van der Waals surface area contributed by atoms with Crippen molar-refractivity contribution in [1.29, 1.82) is 0 Å². The molecule has 8 nitrogen and oxygen atoms in total. The third kappa shape index (κ3) is 5.32. The van der Waals surface area contributed by atoms with Crippen molar-refractivity contribution in [1.82, 2.24) is 15.1 Å². The lowest BCUT2D eigenvalue weighted by Crippen LogP contribution is -2.58. The Kier molecular flexibility index (Phi) is 8.18. The first-order chi connectivity index (χ1) is 19.8. The average Bonchev–Trinajstić information content (AvgIpc) is 3.49. The molecule has 0 unspecified atom stereocenters. The van der Waals surface area contributed by atoms with Crippen LogP contribution in [0, 0.1) is 23.7 Å². The summed E-state index contributed by atoms with van der Waals surface area (Å²) >= 11 is 6.15. The summed E-state index contributed by atoms with van der Waals surface area (Å²) in [5.74, 6) is -1.20. The zero-order valence-electron chi connectivity index (χ0n) is 24.2. The quantitative estimate of drug-likeness (QED) is 0.469. The smallest absolute Gasteiger partial charge is 0.246 e. The molecule has 9 heteroatoms. The van der Waals surface area contributed by atoms with E-state index in [0.717, 1.165) is 38.8 Å². The number of amides is 3. The molecule has 3 saturated heterocycles. The van der Waals surface area contributed by atoms with Crippen LogP contribution in [0.1, 0.15) is 58.8 Å². The van der Waals surface area contributed by atoms with Gasteiger partial charge >= 0.3 is 0 Å². The fourth-order valence-corrected chi connectivity index (χ4v) is 8.15. The highest BCUT2D eigenvalue weighted by molar-refractivity contribution is 6.30. The van der Waals surface area contributed by atoms with Crippen LogP contribution in [0.4, 0.5) is 5.69 Å². The number of nitrogens with one attached hydrogen (secondary N) is 2. The van der Waals surface area contributed by atoms with Crippen LogP contribution < -0.4 is 10.6 Å². The fourth-order valence-electron chi connectivity index (χ4n) is 7.96. The third-order valence-electron chi connectivity index (χ3n) is 10.4.